The van der Waals surface area contributed by atoms with Crippen LogP contribution < -0.4 is 10.6 Å². The molecule has 2 amide bonds. The first-order valence-corrected chi connectivity index (χ1v) is 11.1. The molecule has 1 aromatic heterocycles. The van der Waals surface area contributed by atoms with Gasteiger partial charge in [-0.25, -0.2) is 9.48 Å². The van der Waals surface area contributed by atoms with E-state index >= 15 is 0 Å². The number of nitrogens with one attached hydrogen (secondary N) is 2. The number of urea groups is 1. The zero-order valence-electron chi connectivity index (χ0n) is 19.7. The third-order valence-corrected chi connectivity index (χ3v) is 5.74. The van der Waals surface area contributed by atoms with Gasteiger partial charge in [0.05, 0.1) is 23.0 Å². The molecule has 4 aromatic rings. The highest BCUT2D eigenvalue weighted by Gasteiger charge is 2.22. The third-order valence-electron chi connectivity index (χ3n) is 5.74. The van der Waals surface area contributed by atoms with Crippen molar-refractivity contribution in [1.29, 1.82) is 0 Å². The topological polar surface area (TPSA) is 96.2 Å². The molecule has 34 heavy (non-hydrogen) atoms. The number of amides is 2. The van der Waals surface area contributed by atoms with Crippen molar-refractivity contribution >= 4 is 34.3 Å². The molecule has 0 aliphatic heterocycles. The van der Waals surface area contributed by atoms with Crippen LogP contribution in [-0.4, -0.2) is 26.9 Å². The predicted octanol–water partition coefficient (Wildman–Crippen LogP) is 6.16. The van der Waals surface area contributed by atoms with Crippen molar-refractivity contribution in [1.82, 2.24) is 9.78 Å². The van der Waals surface area contributed by atoms with Gasteiger partial charge in [0, 0.05) is 16.9 Å². The molecule has 0 fully saturated rings. The van der Waals surface area contributed by atoms with Crippen molar-refractivity contribution in [2.75, 3.05) is 10.6 Å². The largest absolute Gasteiger partial charge is 0.481 e. The maximum Gasteiger partial charge on any atom is 0.324 e. The van der Waals surface area contributed by atoms with Gasteiger partial charge < -0.3 is 10.4 Å². The number of carbonyl (C=O) groups excluding carboxylic acids is 1. The minimum atomic E-state index is -0.902. The zero-order valence-corrected chi connectivity index (χ0v) is 19.7. The highest BCUT2D eigenvalue weighted by molar-refractivity contribution is 6.06. The number of fused-ring (bicyclic) bond motifs is 1. The summed E-state index contributed by atoms with van der Waals surface area (Å²) < 4.78 is 1.64. The summed E-state index contributed by atoms with van der Waals surface area (Å²) in [4.78, 5) is 24.5. The summed E-state index contributed by atoms with van der Waals surface area (Å²) in [6.45, 7) is 7.77. The molecule has 0 radical (unpaired) electrons. The summed E-state index contributed by atoms with van der Waals surface area (Å²) in [7, 11) is 0. The van der Waals surface area contributed by atoms with Crippen LogP contribution in [0.3, 0.4) is 0 Å². The molecule has 1 heterocycles. The van der Waals surface area contributed by atoms with E-state index in [1.807, 2.05) is 75.4 Å². The molecular formula is C27H28N4O3. The monoisotopic (exact) mass is 456 g/mol. The van der Waals surface area contributed by atoms with Gasteiger partial charge in [0.1, 0.15) is 5.82 Å². The van der Waals surface area contributed by atoms with E-state index in [0.29, 0.717) is 22.8 Å². The Morgan fingerprint density at radius 1 is 0.941 bits per heavy atom. The van der Waals surface area contributed by atoms with Crippen LogP contribution >= 0.6 is 0 Å². The van der Waals surface area contributed by atoms with Gasteiger partial charge in [0.15, 0.2) is 0 Å². The molecule has 0 saturated heterocycles. The molecule has 0 bridgehead atoms. The van der Waals surface area contributed by atoms with Gasteiger partial charge >= 0.3 is 12.0 Å². The Bertz CT molecular complexity index is 1360. The van der Waals surface area contributed by atoms with Gasteiger partial charge in [-0.05, 0) is 36.1 Å². The number of carbonyl (C=O) groups is 2. The van der Waals surface area contributed by atoms with Crippen molar-refractivity contribution in [3.63, 3.8) is 0 Å². The van der Waals surface area contributed by atoms with Gasteiger partial charge in [-0.3, -0.25) is 10.1 Å². The van der Waals surface area contributed by atoms with E-state index < -0.39 is 17.9 Å². The van der Waals surface area contributed by atoms with Crippen molar-refractivity contribution in [2.45, 2.75) is 39.0 Å². The second-order valence-electron chi connectivity index (χ2n) is 9.34. The molecule has 0 spiro atoms. The standard InChI is InChI=1S/C27H28N4O3/c1-17(25(32)33)19-11-7-12-20(15-19)31-24(16-23(30-31)27(2,3)4)29-26(34)28-22-14-8-10-18-9-5-6-13-21(18)22/h5-17H,1-4H3,(H,32,33)(H2,28,29,34). The molecular weight excluding hydrogens is 428 g/mol. The quantitative estimate of drug-likeness (QED) is 0.335. The smallest absolute Gasteiger partial charge is 0.324 e. The number of nitrogens with zero attached hydrogens (tertiary/aromatic N) is 2. The SMILES string of the molecule is CC(C(=O)O)c1cccc(-n2nc(C(C)(C)C)cc2NC(=O)Nc2cccc3ccccc23)c1. The molecule has 7 heteroatoms. The molecule has 3 N–H and O–H groups in total. The fraction of sp³-hybridized carbons (Fsp3) is 0.222. The first-order valence-electron chi connectivity index (χ1n) is 11.1. The Labute approximate surface area is 198 Å². The normalized spacial score (nSPS) is 12.4. The molecule has 1 atom stereocenters. The average molecular weight is 457 g/mol. The van der Waals surface area contributed by atoms with Crippen LogP contribution in [0.1, 0.15) is 44.9 Å². The second kappa shape index (κ2) is 9.02. The number of anilines is 2. The van der Waals surface area contributed by atoms with Gasteiger partial charge in [-0.15, -0.1) is 0 Å². The fourth-order valence-electron chi connectivity index (χ4n) is 3.71. The van der Waals surface area contributed by atoms with E-state index in [2.05, 4.69) is 10.6 Å². The summed E-state index contributed by atoms with van der Waals surface area (Å²) in [6.07, 6.45) is 0. The van der Waals surface area contributed by atoms with E-state index in [4.69, 9.17) is 5.10 Å². The Morgan fingerprint density at radius 2 is 1.65 bits per heavy atom. The van der Waals surface area contributed by atoms with Crippen LogP contribution in [0.25, 0.3) is 16.5 Å². The summed E-state index contributed by atoms with van der Waals surface area (Å²) in [5, 5.41) is 22.0. The van der Waals surface area contributed by atoms with Crippen molar-refractivity contribution in [3.05, 3.63) is 84.1 Å². The van der Waals surface area contributed by atoms with E-state index in [0.717, 1.165) is 16.5 Å². The third kappa shape index (κ3) is 4.78. The van der Waals surface area contributed by atoms with Crippen molar-refractivity contribution in [2.24, 2.45) is 0 Å². The Kier molecular flexibility index (Phi) is 6.11. The van der Waals surface area contributed by atoms with Crippen molar-refractivity contribution < 1.29 is 14.7 Å². The first-order chi connectivity index (χ1) is 16.1. The number of carboxylic acid groups (broad SMARTS) is 1. The number of aromatic nitrogens is 2. The van der Waals surface area contributed by atoms with E-state index in [-0.39, 0.29) is 5.41 Å². The number of rotatable bonds is 5. The molecule has 3 aromatic carbocycles. The lowest BCUT2D eigenvalue weighted by Gasteiger charge is -2.14. The molecule has 7 nitrogen and oxygen atoms in total. The summed E-state index contributed by atoms with van der Waals surface area (Å²) in [5.41, 5.74) is 2.57. The molecule has 174 valence electrons. The van der Waals surface area contributed by atoms with Crippen LogP contribution in [0, 0.1) is 0 Å². The second-order valence-corrected chi connectivity index (χ2v) is 9.34. The number of carboxylic acids is 1. The number of hydrogen-bond donors (Lipinski definition) is 3. The van der Waals surface area contributed by atoms with Crippen LogP contribution in [0.15, 0.2) is 72.8 Å². The number of hydrogen-bond acceptors (Lipinski definition) is 3. The molecule has 1 unspecified atom stereocenters. The zero-order chi connectivity index (χ0) is 24.5. The predicted molar refractivity (Wildman–Crippen MR) is 135 cm³/mol. The summed E-state index contributed by atoms with van der Waals surface area (Å²) in [5.74, 6) is -1.08. The van der Waals surface area contributed by atoms with Gasteiger partial charge in [0.2, 0.25) is 0 Å². The van der Waals surface area contributed by atoms with E-state index in [1.165, 1.54) is 0 Å². The lowest BCUT2D eigenvalue weighted by atomic mass is 9.92. The molecule has 0 saturated carbocycles. The van der Waals surface area contributed by atoms with Crippen LogP contribution in [0.5, 0.6) is 0 Å². The number of benzene rings is 3. The van der Waals surface area contributed by atoms with Gasteiger partial charge in [-0.1, -0.05) is 69.3 Å². The minimum Gasteiger partial charge on any atom is -0.481 e. The molecule has 4 rings (SSSR count). The van der Waals surface area contributed by atoms with Gasteiger partial charge in [0.25, 0.3) is 0 Å². The Morgan fingerprint density at radius 3 is 2.38 bits per heavy atom. The Hall–Kier alpha value is -4.13. The Balaban J connectivity index is 1.68. The summed E-state index contributed by atoms with van der Waals surface area (Å²) >= 11 is 0. The molecule has 0 aliphatic carbocycles. The highest BCUT2D eigenvalue weighted by Crippen LogP contribution is 2.28. The minimum absolute atomic E-state index is 0.250. The lowest BCUT2D eigenvalue weighted by Crippen LogP contribution is -2.21. The maximum atomic E-state index is 13.0. The van der Waals surface area contributed by atoms with E-state index in [1.54, 1.807) is 29.8 Å². The summed E-state index contributed by atoms with van der Waals surface area (Å²) in [6, 6.07) is 22.2. The highest BCUT2D eigenvalue weighted by atomic mass is 16.4. The first kappa shape index (κ1) is 23.0. The fourth-order valence-corrected chi connectivity index (χ4v) is 3.71. The number of aliphatic carboxylic acids is 1. The molecule has 0 aliphatic rings. The maximum absolute atomic E-state index is 13.0. The van der Waals surface area contributed by atoms with E-state index in [9.17, 15) is 14.7 Å². The average Bonchev–Trinajstić information content (AvgIpc) is 3.23. The van der Waals surface area contributed by atoms with Gasteiger partial charge in [-0.2, -0.15) is 5.10 Å². The van der Waals surface area contributed by atoms with Crippen molar-refractivity contribution in [3.8, 4) is 5.69 Å². The van der Waals surface area contributed by atoms with Crippen LogP contribution in [0.2, 0.25) is 0 Å². The van der Waals surface area contributed by atoms with Crippen LogP contribution in [0.4, 0.5) is 16.3 Å². The van der Waals surface area contributed by atoms with Crippen LogP contribution in [-0.2, 0) is 10.2 Å². The lowest BCUT2D eigenvalue weighted by molar-refractivity contribution is -0.138.